The van der Waals surface area contributed by atoms with Crippen LogP contribution in [0.4, 0.5) is 0 Å². The van der Waals surface area contributed by atoms with E-state index in [1.807, 2.05) is 0 Å². The van der Waals surface area contributed by atoms with E-state index in [0.717, 1.165) is 19.3 Å². The van der Waals surface area contributed by atoms with Crippen LogP contribution in [0.2, 0.25) is 0 Å². The summed E-state index contributed by atoms with van der Waals surface area (Å²) < 4.78 is 0. The zero-order valence-corrected chi connectivity index (χ0v) is 10.9. The topological polar surface area (TPSA) is 37.3 Å². The molecule has 0 saturated heterocycles. The molecule has 0 aliphatic heterocycles. The standard InChI is InChI=1S/C17H18O2/c18-17(19)11-9-13-5-3-7-16-14-6-2-1-4-12(14)8-10-15(13)16/h1-2,4,6,8,10,13H,3,5,7,9,11H2,(H,18,19). The second kappa shape index (κ2) is 5.04. The van der Waals surface area contributed by atoms with E-state index in [2.05, 4.69) is 36.4 Å². The van der Waals surface area contributed by atoms with E-state index >= 15 is 0 Å². The van der Waals surface area contributed by atoms with Gasteiger partial charge in [0.15, 0.2) is 0 Å². The SMILES string of the molecule is O=C(O)CCC1CCCc2c1ccc1ccccc21. The number of carboxylic acid groups (broad SMARTS) is 1. The van der Waals surface area contributed by atoms with Gasteiger partial charge in [-0.15, -0.1) is 0 Å². The number of carboxylic acids is 1. The molecule has 0 heterocycles. The summed E-state index contributed by atoms with van der Waals surface area (Å²) in [5.74, 6) is -0.266. The van der Waals surface area contributed by atoms with Crippen molar-refractivity contribution < 1.29 is 9.90 Å². The molecule has 2 aromatic rings. The molecule has 2 heteroatoms. The lowest BCUT2D eigenvalue weighted by Gasteiger charge is -2.26. The Labute approximate surface area is 113 Å². The van der Waals surface area contributed by atoms with Gasteiger partial charge in [-0.25, -0.2) is 0 Å². The molecule has 1 atom stereocenters. The Morgan fingerprint density at radius 2 is 2.05 bits per heavy atom. The van der Waals surface area contributed by atoms with Crippen molar-refractivity contribution in [2.75, 3.05) is 0 Å². The molecule has 0 bridgehead atoms. The minimum absolute atomic E-state index is 0.275. The summed E-state index contributed by atoms with van der Waals surface area (Å²) >= 11 is 0. The Balaban J connectivity index is 2.00. The van der Waals surface area contributed by atoms with Crippen LogP contribution in [-0.2, 0) is 11.2 Å². The first-order chi connectivity index (χ1) is 9.25. The highest BCUT2D eigenvalue weighted by molar-refractivity contribution is 5.87. The quantitative estimate of drug-likeness (QED) is 0.894. The Morgan fingerprint density at radius 3 is 2.89 bits per heavy atom. The van der Waals surface area contributed by atoms with E-state index in [-0.39, 0.29) is 6.42 Å². The van der Waals surface area contributed by atoms with Crippen molar-refractivity contribution in [3.63, 3.8) is 0 Å². The Morgan fingerprint density at radius 1 is 1.21 bits per heavy atom. The first kappa shape index (κ1) is 12.2. The predicted molar refractivity (Wildman–Crippen MR) is 76.5 cm³/mol. The van der Waals surface area contributed by atoms with Gasteiger partial charge in [0.05, 0.1) is 0 Å². The van der Waals surface area contributed by atoms with Crippen LogP contribution >= 0.6 is 0 Å². The lowest BCUT2D eigenvalue weighted by molar-refractivity contribution is -0.137. The van der Waals surface area contributed by atoms with Crippen molar-refractivity contribution in [3.8, 4) is 0 Å². The summed E-state index contributed by atoms with van der Waals surface area (Å²) in [4.78, 5) is 10.8. The number of hydrogen-bond acceptors (Lipinski definition) is 1. The van der Waals surface area contributed by atoms with Gasteiger partial charge in [0.1, 0.15) is 0 Å². The predicted octanol–water partition coefficient (Wildman–Crippen LogP) is 4.12. The maximum Gasteiger partial charge on any atom is 0.303 e. The fourth-order valence-corrected chi connectivity index (χ4v) is 3.29. The first-order valence-electron chi connectivity index (χ1n) is 6.98. The van der Waals surface area contributed by atoms with Crippen molar-refractivity contribution in [1.82, 2.24) is 0 Å². The third-order valence-electron chi connectivity index (χ3n) is 4.20. The fourth-order valence-electron chi connectivity index (χ4n) is 3.29. The van der Waals surface area contributed by atoms with E-state index in [1.54, 1.807) is 0 Å². The van der Waals surface area contributed by atoms with Crippen LogP contribution < -0.4 is 0 Å². The first-order valence-corrected chi connectivity index (χ1v) is 6.98. The Hall–Kier alpha value is -1.83. The van der Waals surface area contributed by atoms with Crippen LogP contribution in [-0.4, -0.2) is 11.1 Å². The molecule has 1 unspecified atom stereocenters. The summed E-state index contributed by atoms with van der Waals surface area (Å²) in [7, 11) is 0. The van der Waals surface area contributed by atoms with Gasteiger partial charge in [0.25, 0.3) is 0 Å². The molecule has 0 amide bonds. The largest absolute Gasteiger partial charge is 0.481 e. The van der Waals surface area contributed by atoms with Gasteiger partial charge < -0.3 is 5.11 Å². The number of hydrogen-bond donors (Lipinski definition) is 1. The van der Waals surface area contributed by atoms with Crippen molar-refractivity contribution in [2.24, 2.45) is 0 Å². The summed E-state index contributed by atoms with van der Waals surface area (Å²) in [6, 6.07) is 12.9. The molecule has 1 N–H and O–H groups in total. The Kier molecular flexibility index (Phi) is 3.24. The molecule has 2 nitrogen and oxygen atoms in total. The number of fused-ring (bicyclic) bond motifs is 3. The van der Waals surface area contributed by atoms with Crippen LogP contribution in [0.25, 0.3) is 10.8 Å². The van der Waals surface area contributed by atoms with Gasteiger partial charge in [-0.3, -0.25) is 4.79 Å². The second-order valence-corrected chi connectivity index (χ2v) is 5.38. The second-order valence-electron chi connectivity index (χ2n) is 5.38. The van der Waals surface area contributed by atoms with Crippen LogP contribution in [0.3, 0.4) is 0 Å². The molecule has 2 aromatic carbocycles. The van der Waals surface area contributed by atoms with E-state index in [4.69, 9.17) is 5.11 Å². The van der Waals surface area contributed by atoms with Gasteiger partial charge >= 0.3 is 5.97 Å². The van der Waals surface area contributed by atoms with Crippen LogP contribution in [0, 0.1) is 0 Å². The van der Waals surface area contributed by atoms with Crippen molar-refractivity contribution in [3.05, 3.63) is 47.5 Å². The normalized spacial score (nSPS) is 18.2. The lowest BCUT2D eigenvalue weighted by Crippen LogP contribution is -2.11. The summed E-state index contributed by atoms with van der Waals surface area (Å²) in [6.07, 6.45) is 4.46. The van der Waals surface area contributed by atoms with E-state index < -0.39 is 5.97 Å². The zero-order valence-electron chi connectivity index (χ0n) is 10.9. The molecule has 1 aliphatic carbocycles. The lowest BCUT2D eigenvalue weighted by atomic mass is 9.78. The number of aryl methyl sites for hydroxylation is 1. The van der Waals surface area contributed by atoms with Gasteiger partial charge in [0, 0.05) is 6.42 Å². The third kappa shape index (κ3) is 2.35. The van der Waals surface area contributed by atoms with Crippen LogP contribution in [0.1, 0.15) is 42.7 Å². The molecule has 0 fully saturated rings. The average molecular weight is 254 g/mol. The highest BCUT2D eigenvalue weighted by Gasteiger charge is 2.22. The molecule has 0 spiro atoms. The summed E-state index contributed by atoms with van der Waals surface area (Å²) in [5.41, 5.74) is 2.82. The third-order valence-corrected chi connectivity index (χ3v) is 4.20. The minimum atomic E-state index is -0.687. The van der Waals surface area contributed by atoms with E-state index in [1.165, 1.54) is 28.3 Å². The maximum atomic E-state index is 10.8. The highest BCUT2D eigenvalue weighted by atomic mass is 16.4. The fraction of sp³-hybridized carbons (Fsp3) is 0.353. The molecule has 98 valence electrons. The summed E-state index contributed by atoms with van der Waals surface area (Å²) in [6.45, 7) is 0. The van der Waals surface area contributed by atoms with Crippen molar-refractivity contribution in [2.45, 2.75) is 38.0 Å². The van der Waals surface area contributed by atoms with Crippen molar-refractivity contribution >= 4 is 16.7 Å². The van der Waals surface area contributed by atoms with Gasteiger partial charge in [-0.2, -0.15) is 0 Å². The molecule has 1 aliphatic rings. The Bertz CT molecular complexity index is 616. The molecule has 0 saturated carbocycles. The number of carbonyl (C=O) groups is 1. The zero-order chi connectivity index (χ0) is 13.2. The van der Waals surface area contributed by atoms with Gasteiger partial charge in [0.2, 0.25) is 0 Å². The van der Waals surface area contributed by atoms with Crippen LogP contribution in [0.15, 0.2) is 36.4 Å². The van der Waals surface area contributed by atoms with Crippen molar-refractivity contribution in [1.29, 1.82) is 0 Å². The minimum Gasteiger partial charge on any atom is -0.481 e. The van der Waals surface area contributed by atoms with E-state index in [9.17, 15) is 4.79 Å². The summed E-state index contributed by atoms with van der Waals surface area (Å²) in [5, 5.41) is 11.5. The van der Waals surface area contributed by atoms with Gasteiger partial charge in [-0.1, -0.05) is 36.4 Å². The monoisotopic (exact) mass is 254 g/mol. The van der Waals surface area contributed by atoms with Gasteiger partial charge in [-0.05, 0) is 53.5 Å². The highest BCUT2D eigenvalue weighted by Crippen LogP contribution is 2.38. The molecular formula is C17H18O2. The molecule has 0 radical (unpaired) electrons. The smallest absolute Gasteiger partial charge is 0.303 e. The number of rotatable bonds is 3. The molecular weight excluding hydrogens is 236 g/mol. The average Bonchev–Trinajstić information content (AvgIpc) is 2.44. The number of benzene rings is 2. The number of aliphatic carboxylic acids is 1. The molecule has 0 aromatic heterocycles. The molecule has 3 rings (SSSR count). The van der Waals surface area contributed by atoms with Crippen LogP contribution in [0.5, 0.6) is 0 Å². The molecule has 19 heavy (non-hydrogen) atoms. The van der Waals surface area contributed by atoms with E-state index in [0.29, 0.717) is 5.92 Å². The maximum absolute atomic E-state index is 10.8.